The van der Waals surface area contributed by atoms with Crippen LogP contribution in [0.4, 0.5) is 4.39 Å². The summed E-state index contributed by atoms with van der Waals surface area (Å²) in [6.45, 7) is 0.284. The van der Waals surface area contributed by atoms with E-state index in [4.69, 9.17) is 4.74 Å². The first-order valence-electron chi connectivity index (χ1n) is 7.77. The third-order valence-electron chi connectivity index (χ3n) is 4.02. The van der Waals surface area contributed by atoms with Crippen molar-refractivity contribution in [2.45, 2.75) is 24.8 Å². The van der Waals surface area contributed by atoms with E-state index in [1.54, 1.807) is 17.5 Å². The number of carbonyl (C=O) groups excluding carboxylic acids is 1. The maximum atomic E-state index is 12.9. The molecule has 0 bridgehead atoms. The Morgan fingerprint density at radius 3 is 2.76 bits per heavy atom. The van der Waals surface area contributed by atoms with Gasteiger partial charge in [-0.3, -0.25) is 4.79 Å². The molecule has 8 heteroatoms. The van der Waals surface area contributed by atoms with Crippen LogP contribution in [-0.4, -0.2) is 40.7 Å². The summed E-state index contributed by atoms with van der Waals surface area (Å²) in [7, 11) is 0. The van der Waals surface area contributed by atoms with Crippen molar-refractivity contribution in [2.24, 2.45) is 0 Å². The van der Waals surface area contributed by atoms with Crippen molar-refractivity contribution in [1.29, 1.82) is 0 Å². The molecule has 1 atom stereocenters. The minimum Gasteiger partial charge on any atom is -0.479 e. The molecule has 1 aromatic carbocycles. The predicted molar refractivity (Wildman–Crippen MR) is 89.0 cm³/mol. The van der Waals surface area contributed by atoms with Gasteiger partial charge >= 0.3 is 5.97 Å². The summed E-state index contributed by atoms with van der Waals surface area (Å²) >= 11 is 1.41. The molecule has 3 rings (SSSR count). The maximum absolute atomic E-state index is 12.9. The zero-order valence-corrected chi connectivity index (χ0v) is 14.1. The molecule has 132 valence electrons. The number of carboxylic acids is 1. The Kier molecular flexibility index (Phi) is 5.10. The molecular weight excluding hydrogens is 347 g/mol. The highest BCUT2D eigenvalue weighted by molar-refractivity contribution is 7.09. The number of carbonyl (C=O) groups is 2. The lowest BCUT2D eigenvalue weighted by Gasteiger charge is -2.23. The minimum atomic E-state index is -1.34. The monoisotopic (exact) mass is 364 g/mol. The van der Waals surface area contributed by atoms with Gasteiger partial charge in [0.15, 0.2) is 5.54 Å². The van der Waals surface area contributed by atoms with Crippen molar-refractivity contribution in [3.63, 3.8) is 0 Å². The molecular formula is C17H17FN2O4S. The van der Waals surface area contributed by atoms with Gasteiger partial charge in [-0.05, 0) is 17.7 Å². The lowest BCUT2D eigenvalue weighted by Crippen LogP contribution is -2.55. The normalized spacial score (nSPS) is 19.7. The van der Waals surface area contributed by atoms with Crippen LogP contribution in [0.15, 0.2) is 29.6 Å². The fraction of sp³-hybridized carbons (Fsp3) is 0.353. The van der Waals surface area contributed by atoms with Gasteiger partial charge in [-0.25, -0.2) is 14.2 Å². The van der Waals surface area contributed by atoms with Gasteiger partial charge in [0.05, 0.1) is 23.7 Å². The van der Waals surface area contributed by atoms with Crippen LogP contribution in [0.5, 0.6) is 0 Å². The highest BCUT2D eigenvalue weighted by Crippen LogP contribution is 2.20. The zero-order chi connectivity index (χ0) is 17.9. The van der Waals surface area contributed by atoms with Crippen molar-refractivity contribution in [3.8, 4) is 0 Å². The van der Waals surface area contributed by atoms with E-state index in [0.29, 0.717) is 18.7 Å². The molecule has 1 fully saturated rings. The molecule has 1 saturated heterocycles. The standard InChI is InChI=1S/C17H17FN2O4S/c18-12-3-1-11(2-4-12)7-15-19-13(9-25-15)8-14(21)20-17(16(22)23)5-6-24-10-17/h1-4,9H,5-8,10H2,(H,20,21)(H,22,23). The van der Waals surface area contributed by atoms with Crippen LogP contribution in [0.3, 0.4) is 0 Å². The molecule has 2 N–H and O–H groups in total. The predicted octanol–water partition coefficient (Wildman–Crippen LogP) is 1.78. The molecule has 0 spiro atoms. The number of rotatable bonds is 6. The summed E-state index contributed by atoms with van der Waals surface area (Å²) in [5.74, 6) is -1.77. The largest absolute Gasteiger partial charge is 0.479 e. The van der Waals surface area contributed by atoms with E-state index in [2.05, 4.69) is 10.3 Å². The van der Waals surface area contributed by atoms with Gasteiger partial charge in [-0.15, -0.1) is 11.3 Å². The summed E-state index contributed by atoms with van der Waals surface area (Å²) in [6.07, 6.45) is 0.815. The van der Waals surface area contributed by atoms with Crippen LogP contribution >= 0.6 is 11.3 Å². The number of nitrogens with one attached hydrogen (secondary N) is 1. The average molecular weight is 364 g/mol. The number of carboxylic acid groups (broad SMARTS) is 1. The third-order valence-corrected chi connectivity index (χ3v) is 4.92. The maximum Gasteiger partial charge on any atom is 0.331 e. The number of thiazole rings is 1. The van der Waals surface area contributed by atoms with E-state index in [1.165, 1.54) is 23.5 Å². The quantitative estimate of drug-likeness (QED) is 0.816. The van der Waals surface area contributed by atoms with Crippen molar-refractivity contribution < 1.29 is 23.8 Å². The molecule has 2 aromatic rings. The smallest absolute Gasteiger partial charge is 0.331 e. The zero-order valence-electron chi connectivity index (χ0n) is 13.3. The Morgan fingerprint density at radius 2 is 2.12 bits per heavy atom. The molecule has 0 saturated carbocycles. The molecule has 2 heterocycles. The molecule has 1 amide bonds. The van der Waals surface area contributed by atoms with Gasteiger partial charge in [0.25, 0.3) is 0 Å². The molecule has 1 aliphatic heterocycles. The molecule has 1 aromatic heterocycles. The van der Waals surface area contributed by atoms with E-state index in [9.17, 15) is 19.1 Å². The summed E-state index contributed by atoms with van der Waals surface area (Å²) in [6, 6.07) is 6.18. The number of nitrogens with zero attached hydrogens (tertiary/aromatic N) is 1. The fourth-order valence-corrected chi connectivity index (χ4v) is 3.48. The first kappa shape index (κ1) is 17.5. The Labute approximate surface area is 147 Å². The van der Waals surface area contributed by atoms with Gasteiger partial charge in [0.1, 0.15) is 5.82 Å². The molecule has 0 radical (unpaired) electrons. The van der Waals surface area contributed by atoms with Crippen molar-refractivity contribution >= 4 is 23.2 Å². The fourth-order valence-electron chi connectivity index (χ4n) is 2.65. The van der Waals surface area contributed by atoms with Crippen molar-refractivity contribution in [1.82, 2.24) is 10.3 Å². The van der Waals surface area contributed by atoms with Gasteiger partial charge in [-0.1, -0.05) is 12.1 Å². The molecule has 1 aliphatic rings. The Balaban J connectivity index is 1.60. The number of halogens is 1. The van der Waals surface area contributed by atoms with Crippen LogP contribution in [-0.2, 0) is 27.2 Å². The highest BCUT2D eigenvalue weighted by atomic mass is 32.1. The van der Waals surface area contributed by atoms with E-state index in [-0.39, 0.29) is 25.3 Å². The van der Waals surface area contributed by atoms with E-state index in [0.717, 1.165) is 10.6 Å². The Bertz CT molecular complexity index is 769. The Hall–Kier alpha value is -2.32. The summed E-state index contributed by atoms with van der Waals surface area (Å²) in [4.78, 5) is 28.0. The lowest BCUT2D eigenvalue weighted by atomic mass is 9.99. The topological polar surface area (TPSA) is 88.5 Å². The van der Waals surface area contributed by atoms with Crippen LogP contribution in [0, 0.1) is 5.82 Å². The summed E-state index contributed by atoms with van der Waals surface area (Å²) < 4.78 is 18.0. The van der Waals surface area contributed by atoms with Crippen LogP contribution in [0.2, 0.25) is 0 Å². The molecule has 6 nitrogen and oxygen atoms in total. The number of ether oxygens (including phenoxy) is 1. The van der Waals surface area contributed by atoms with Crippen molar-refractivity contribution in [3.05, 3.63) is 51.7 Å². The van der Waals surface area contributed by atoms with Crippen LogP contribution < -0.4 is 5.32 Å². The second-order valence-corrected chi connectivity index (χ2v) is 6.89. The number of hydrogen-bond donors (Lipinski definition) is 2. The SMILES string of the molecule is O=C(Cc1csc(Cc2ccc(F)cc2)n1)NC1(C(=O)O)CCOC1. The van der Waals surface area contributed by atoms with E-state index >= 15 is 0 Å². The van der Waals surface area contributed by atoms with E-state index in [1.807, 2.05) is 0 Å². The number of hydrogen-bond acceptors (Lipinski definition) is 5. The van der Waals surface area contributed by atoms with Gasteiger partial charge < -0.3 is 15.2 Å². The molecule has 1 unspecified atom stereocenters. The second-order valence-electron chi connectivity index (χ2n) is 5.95. The van der Waals surface area contributed by atoms with Gasteiger partial charge in [0.2, 0.25) is 5.91 Å². The van der Waals surface area contributed by atoms with Gasteiger partial charge in [0, 0.05) is 24.8 Å². The lowest BCUT2D eigenvalue weighted by molar-refractivity contribution is -0.147. The summed E-state index contributed by atoms with van der Waals surface area (Å²) in [5.41, 5.74) is 0.170. The number of aliphatic carboxylic acids is 1. The average Bonchev–Trinajstić information content (AvgIpc) is 3.20. The highest BCUT2D eigenvalue weighted by Gasteiger charge is 2.43. The Morgan fingerprint density at radius 1 is 1.36 bits per heavy atom. The second kappa shape index (κ2) is 7.28. The van der Waals surface area contributed by atoms with E-state index < -0.39 is 17.4 Å². The number of aromatic nitrogens is 1. The molecule has 25 heavy (non-hydrogen) atoms. The number of amides is 1. The third kappa shape index (κ3) is 4.21. The van der Waals surface area contributed by atoms with Gasteiger partial charge in [-0.2, -0.15) is 0 Å². The first-order valence-corrected chi connectivity index (χ1v) is 8.65. The first-order chi connectivity index (χ1) is 12.0. The molecule has 0 aliphatic carbocycles. The number of benzene rings is 1. The minimum absolute atomic E-state index is 0.00888. The van der Waals surface area contributed by atoms with Crippen LogP contribution in [0.25, 0.3) is 0 Å². The van der Waals surface area contributed by atoms with Crippen molar-refractivity contribution in [2.75, 3.05) is 13.2 Å². The summed E-state index contributed by atoms with van der Waals surface area (Å²) in [5, 5.41) is 14.5. The van der Waals surface area contributed by atoms with Crippen LogP contribution in [0.1, 0.15) is 22.7 Å².